The first-order valence-corrected chi connectivity index (χ1v) is 12.1. The van der Waals surface area contributed by atoms with Gasteiger partial charge in [-0.1, -0.05) is 54.6 Å². The topological polar surface area (TPSA) is 49.4 Å². The molecule has 2 aromatic carbocycles. The predicted molar refractivity (Wildman–Crippen MR) is 129 cm³/mol. The number of halogens is 1. The Labute approximate surface area is 195 Å². The van der Waals surface area contributed by atoms with E-state index in [2.05, 4.69) is 17.5 Å². The van der Waals surface area contributed by atoms with Crippen LogP contribution in [0.25, 0.3) is 11.1 Å². The highest BCUT2D eigenvalue weighted by Gasteiger charge is 2.42. The zero-order chi connectivity index (χ0) is 23.3. The third-order valence-corrected chi connectivity index (χ3v) is 7.12. The number of rotatable bonds is 7. The lowest BCUT2D eigenvalue weighted by Gasteiger charge is -2.41. The van der Waals surface area contributed by atoms with Gasteiger partial charge in [-0.05, 0) is 62.1 Å². The largest absolute Gasteiger partial charge is 0.356 e. The van der Waals surface area contributed by atoms with E-state index in [1.807, 2.05) is 42.2 Å². The molecule has 4 rings (SSSR count). The van der Waals surface area contributed by atoms with Crippen LogP contribution in [0.4, 0.5) is 4.39 Å². The van der Waals surface area contributed by atoms with Crippen molar-refractivity contribution in [1.29, 1.82) is 0 Å². The van der Waals surface area contributed by atoms with Gasteiger partial charge < -0.3 is 10.2 Å². The molecule has 1 atom stereocenters. The summed E-state index contributed by atoms with van der Waals surface area (Å²) >= 11 is 0. The number of hydrogen-bond acceptors (Lipinski definition) is 2. The second-order valence-electron chi connectivity index (χ2n) is 9.34. The Hall–Kier alpha value is -2.95. The number of carbonyl (C=O) groups is 2. The standard InChI is InChI=1S/C28H33FN2O2/c1-2-30-27(33)28(15-17-31(18-16-28)26(32)19-21-7-3-4-8-21)20-22-11-13-23(14-12-22)24-9-5-6-10-25(24)29/h3,5-7,9-14,21H,2,4,8,15-20H2,1H3,(H,30,33)/t21-/m1/s1. The number of piperidine rings is 1. The van der Waals surface area contributed by atoms with Gasteiger partial charge in [-0.15, -0.1) is 0 Å². The van der Waals surface area contributed by atoms with Crippen molar-refractivity contribution in [2.45, 2.75) is 45.4 Å². The van der Waals surface area contributed by atoms with Crippen molar-refractivity contribution in [1.82, 2.24) is 10.2 Å². The number of carbonyl (C=O) groups excluding carboxylic acids is 2. The Morgan fingerprint density at radius 1 is 1.09 bits per heavy atom. The molecule has 5 heteroatoms. The molecule has 2 aromatic rings. The fourth-order valence-corrected chi connectivity index (χ4v) is 5.12. The second-order valence-corrected chi connectivity index (χ2v) is 9.34. The number of hydrogen-bond donors (Lipinski definition) is 1. The average molecular weight is 449 g/mol. The smallest absolute Gasteiger partial charge is 0.226 e. The summed E-state index contributed by atoms with van der Waals surface area (Å²) in [5.74, 6) is 0.383. The number of amides is 2. The van der Waals surface area contributed by atoms with Crippen molar-refractivity contribution < 1.29 is 14.0 Å². The minimum atomic E-state index is -0.528. The van der Waals surface area contributed by atoms with Gasteiger partial charge in [-0.25, -0.2) is 4.39 Å². The molecule has 0 radical (unpaired) electrons. The summed E-state index contributed by atoms with van der Waals surface area (Å²) in [6.07, 6.45) is 8.93. The van der Waals surface area contributed by atoms with Crippen LogP contribution in [-0.2, 0) is 16.0 Å². The van der Waals surface area contributed by atoms with E-state index in [-0.39, 0.29) is 17.6 Å². The van der Waals surface area contributed by atoms with Crippen molar-refractivity contribution in [3.05, 3.63) is 72.1 Å². The van der Waals surface area contributed by atoms with E-state index in [4.69, 9.17) is 0 Å². The van der Waals surface area contributed by atoms with Gasteiger partial charge in [-0.2, -0.15) is 0 Å². The molecule has 1 aliphatic carbocycles. The molecule has 1 heterocycles. The Balaban J connectivity index is 1.45. The monoisotopic (exact) mass is 448 g/mol. The third kappa shape index (κ3) is 5.35. The highest BCUT2D eigenvalue weighted by atomic mass is 19.1. The van der Waals surface area contributed by atoms with Crippen molar-refractivity contribution in [3.63, 3.8) is 0 Å². The van der Waals surface area contributed by atoms with Crippen LogP contribution in [0.2, 0.25) is 0 Å². The molecule has 0 saturated carbocycles. The molecule has 1 fully saturated rings. The quantitative estimate of drug-likeness (QED) is 0.597. The van der Waals surface area contributed by atoms with Gasteiger partial charge in [0.05, 0.1) is 5.41 Å². The number of nitrogens with zero attached hydrogens (tertiary/aromatic N) is 1. The lowest BCUT2D eigenvalue weighted by molar-refractivity contribution is -0.141. The van der Waals surface area contributed by atoms with Crippen LogP contribution in [0, 0.1) is 17.2 Å². The first kappa shape index (κ1) is 23.2. The van der Waals surface area contributed by atoms with Gasteiger partial charge in [0, 0.05) is 31.6 Å². The van der Waals surface area contributed by atoms with E-state index in [0.717, 1.165) is 24.0 Å². The Bertz CT molecular complexity index is 1010. The van der Waals surface area contributed by atoms with Gasteiger partial charge in [0.1, 0.15) is 5.82 Å². The summed E-state index contributed by atoms with van der Waals surface area (Å²) < 4.78 is 14.1. The number of benzene rings is 2. The zero-order valence-electron chi connectivity index (χ0n) is 19.4. The van der Waals surface area contributed by atoms with E-state index >= 15 is 0 Å². The van der Waals surface area contributed by atoms with E-state index < -0.39 is 5.41 Å². The third-order valence-electron chi connectivity index (χ3n) is 7.12. The molecule has 174 valence electrons. The van der Waals surface area contributed by atoms with Crippen LogP contribution in [0.1, 0.15) is 44.6 Å². The maximum Gasteiger partial charge on any atom is 0.226 e. The summed E-state index contributed by atoms with van der Waals surface area (Å²) in [7, 11) is 0. The molecule has 2 amide bonds. The summed E-state index contributed by atoms with van der Waals surface area (Å²) in [5.41, 5.74) is 1.92. The normalized spacial score (nSPS) is 19.5. The van der Waals surface area contributed by atoms with Gasteiger partial charge in [0.15, 0.2) is 0 Å². The minimum absolute atomic E-state index is 0.0639. The van der Waals surface area contributed by atoms with Gasteiger partial charge in [0.2, 0.25) is 11.8 Å². The number of nitrogens with one attached hydrogen (secondary N) is 1. The Morgan fingerprint density at radius 3 is 2.45 bits per heavy atom. The van der Waals surface area contributed by atoms with E-state index in [9.17, 15) is 14.0 Å². The van der Waals surface area contributed by atoms with Crippen LogP contribution in [0.3, 0.4) is 0 Å². The van der Waals surface area contributed by atoms with Gasteiger partial charge in [0.25, 0.3) is 0 Å². The Morgan fingerprint density at radius 2 is 1.82 bits per heavy atom. The predicted octanol–water partition coefficient (Wildman–Crippen LogP) is 5.14. The van der Waals surface area contributed by atoms with E-state index in [0.29, 0.717) is 56.8 Å². The molecular weight excluding hydrogens is 415 g/mol. The molecule has 1 N–H and O–H groups in total. The summed E-state index contributed by atoms with van der Waals surface area (Å²) in [6, 6.07) is 14.6. The van der Waals surface area contributed by atoms with Crippen molar-refractivity contribution in [2.24, 2.45) is 11.3 Å². The molecule has 2 aliphatic rings. The molecule has 33 heavy (non-hydrogen) atoms. The lowest BCUT2D eigenvalue weighted by Crippen LogP contribution is -2.51. The van der Waals surface area contributed by atoms with Crippen molar-refractivity contribution in [2.75, 3.05) is 19.6 Å². The zero-order valence-corrected chi connectivity index (χ0v) is 19.4. The highest BCUT2D eigenvalue weighted by molar-refractivity contribution is 5.84. The van der Waals surface area contributed by atoms with Crippen LogP contribution >= 0.6 is 0 Å². The first-order chi connectivity index (χ1) is 16.0. The summed E-state index contributed by atoms with van der Waals surface area (Å²) in [4.78, 5) is 27.9. The van der Waals surface area contributed by atoms with Crippen LogP contribution < -0.4 is 5.32 Å². The second kappa shape index (κ2) is 10.3. The highest BCUT2D eigenvalue weighted by Crippen LogP contribution is 2.37. The molecule has 1 saturated heterocycles. The molecular formula is C28H33FN2O2. The van der Waals surface area contributed by atoms with Crippen molar-refractivity contribution >= 4 is 11.8 Å². The molecule has 0 spiro atoms. The van der Waals surface area contributed by atoms with Crippen molar-refractivity contribution in [3.8, 4) is 11.1 Å². The molecule has 4 nitrogen and oxygen atoms in total. The fourth-order valence-electron chi connectivity index (χ4n) is 5.12. The number of allylic oxidation sites excluding steroid dienone is 2. The SMILES string of the molecule is CCNC(=O)C1(Cc2ccc(-c3ccccc3F)cc2)CCN(C(=O)C[C@@H]2C=CCC2)CC1. The maximum absolute atomic E-state index is 14.1. The summed E-state index contributed by atoms with van der Waals surface area (Å²) in [5, 5.41) is 3.02. The average Bonchev–Trinajstić information content (AvgIpc) is 3.34. The number of likely N-dealkylation sites (tertiary alicyclic amines) is 1. The minimum Gasteiger partial charge on any atom is -0.356 e. The van der Waals surface area contributed by atoms with E-state index in [1.165, 1.54) is 6.07 Å². The van der Waals surface area contributed by atoms with Crippen LogP contribution in [0.15, 0.2) is 60.7 Å². The van der Waals surface area contributed by atoms with Crippen LogP contribution in [0.5, 0.6) is 0 Å². The van der Waals surface area contributed by atoms with Gasteiger partial charge >= 0.3 is 0 Å². The summed E-state index contributed by atoms with van der Waals surface area (Å²) in [6.45, 7) is 3.74. The maximum atomic E-state index is 14.1. The van der Waals surface area contributed by atoms with E-state index in [1.54, 1.807) is 12.1 Å². The van der Waals surface area contributed by atoms with Gasteiger partial charge in [-0.3, -0.25) is 9.59 Å². The fraction of sp³-hybridized carbons (Fsp3) is 0.429. The Kier molecular flexibility index (Phi) is 7.26. The van der Waals surface area contributed by atoms with Crippen LogP contribution in [-0.4, -0.2) is 36.3 Å². The molecule has 0 unspecified atom stereocenters. The first-order valence-electron chi connectivity index (χ1n) is 12.1. The lowest BCUT2D eigenvalue weighted by atomic mass is 9.72. The molecule has 1 aliphatic heterocycles. The molecule has 0 aromatic heterocycles. The molecule has 0 bridgehead atoms.